The number of benzene rings is 1. The molecule has 0 aliphatic rings. The van der Waals surface area contributed by atoms with E-state index in [-0.39, 0.29) is 5.91 Å². The third-order valence-electron chi connectivity index (χ3n) is 2.26. The molecular weight excluding hydrogens is 294 g/mol. The van der Waals surface area contributed by atoms with Gasteiger partial charge in [0.1, 0.15) is 5.75 Å². The Hall–Kier alpha value is -1.29. The molecule has 0 radical (unpaired) electrons. The van der Waals surface area contributed by atoms with Crippen LogP contribution in [0.5, 0.6) is 5.75 Å². The lowest BCUT2D eigenvalue weighted by molar-refractivity contribution is -0.121. The summed E-state index contributed by atoms with van der Waals surface area (Å²) in [7, 11) is 0. The van der Waals surface area contributed by atoms with Gasteiger partial charge in [0, 0.05) is 11.0 Å². The molecule has 0 fully saturated rings. The van der Waals surface area contributed by atoms with Gasteiger partial charge in [-0.3, -0.25) is 4.79 Å². The number of nitrogens with one attached hydrogen (secondary N) is 1. The maximum atomic E-state index is 11.4. The van der Waals surface area contributed by atoms with Gasteiger partial charge in [0.05, 0.1) is 13.0 Å². The van der Waals surface area contributed by atoms with E-state index in [1.165, 1.54) is 0 Å². The van der Waals surface area contributed by atoms with Crippen LogP contribution in [0.1, 0.15) is 19.8 Å². The average Bonchev–Trinajstić information content (AvgIpc) is 2.35. The van der Waals surface area contributed by atoms with Crippen LogP contribution in [0.15, 0.2) is 40.9 Å². The van der Waals surface area contributed by atoms with E-state index < -0.39 is 0 Å². The molecule has 0 unspecified atom stereocenters. The first-order valence-electron chi connectivity index (χ1n) is 5.98. The first-order valence-corrected chi connectivity index (χ1v) is 6.78. The summed E-state index contributed by atoms with van der Waals surface area (Å²) in [5, 5.41) is 2.84. The Morgan fingerprint density at radius 2 is 2.33 bits per heavy atom. The summed E-state index contributed by atoms with van der Waals surface area (Å²) in [6, 6.07) is 7.58. The van der Waals surface area contributed by atoms with E-state index in [2.05, 4.69) is 21.2 Å². The summed E-state index contributed by atoms with van der Waals surface area (Å²) >= 11 is 3.37. The lowest BCUT2D eigenvalue weighted by Gasteiger charge is -2.06. The quantitative estimate of drug-likeness (QED) is 0.620. The van der Waals surface area contributed by atoms with Crippen LogP contribution in [0.2, 0.25) is 0 Å². The summed E-state index contributed by atoms with van der Waals surface area (Å²) in [6.07, 6.45) is 5.25. The monoisotopic (exact) mass is 311 g/mol. The maximum Gasteiger partial charge on any atom is 0.223 e. The zero-order valence-electron chi connectivity index (χ0n) is 10.5. The van der Waals surface area contributed by atoms with Gasteiger partial charge in [-0.05, 0) is 31.5 Å². The molecule has 1 rings (SSSR count). The van der Waals surface area contributed by atoms with E-state index in [0.29, 0.717) is 19.6 Å². The van der Waals surface area contributed by atoms with E-state index in [4.69, 9.17) is 4.74 Å². The van der Waals surface area contributed by atoms with Gasteiger partial charge in [-0.25, -0.2) is 0 Å². The van der Waals surface area contributed by atoms with Gasteiger partial charge in [-0.15, -0.1) is 0 Å². The molecule has 0 atom stereocenters. The van der Waals surface area contributed by atoms with E-state index in [1.807, 2.05) is 43.3 Å². The highest BCUT2D eigenvalue weighted by atomic mass is 79.9. The molecule has 1 N–H and O–H groups in total. The lowest BCUT2D eigenvalue weighted by atomic mass is 10.3. The fourth-order valence-electron chi connectivity index (χ4n) is 1.37. The Kier molecular flexibility index (Phi) is 7.18. The Morgan fingerprint density at radius 1 is 1.50 bits per heavy atom. The molecule has 3 nitrogen and oxygen atoms in total. The minimum atomic E-state index is 0.0227. The summed E-state index contributed by atoms with van der Waals surface area (Å²) in [4.78, 5) is 11.4. The molecule has 0 heterocycles. The molecule has 0 saturated heterocycles. The second-order valence-corrected chi connectivity index (χ2v) is 4.68. The van der Waals surface area contributed by atoms with Crippen molar-refractivity contribution >= 4 is 21.8 Å². The number of allylic oxidation sites excluding steroid dienone is 1. The zero-order chi connectivity index (χ0) is 13.2. The van der Waals surface area contributed by atoms with Gasteiger partial charge < -0.3 is 10.1 Å². The van der Waals surface area contributed by atoms with Crippen molar-refractivity contribution in [2.24, 2.45) is 0 Å². The first kappa shape index (κ1) is 14.8. The van der Waals surface area contributed by atoms with Crippen LogP contribution in [0.25, 0.3) is 0 Å². The standard InChI is InChI=1S/C14H18BrNO2/c1-2-3-4-9-16-14(17)8-10-18-13-7-5-6-12(15)11-13/h2-3,5-7,11H,4,8-10H2,1H3,(H,16,17)/b3-2+. The third-order valence-corrected chi connectivity index (χ3v) is 2.76. The second kappa shape index (κ2) is 8.75. The summed E-state index contributed by atoms with van der Waals surface area (Å²) in [5.74, 6) is 0.792. The van der Waals surface area contributed by atoms with Crippen LogP contribution in [0.3, 0.4) is 0 Å². The molecule has 0 saturated carbocycles. The second-order valence-electron chi connectivity index (χ2n) is 3.76. The number of carbonyl (C=O) groups excluding carboxylic acids is 1. The molecule has 0 bridgehead atoms. The van der Waals surface area contributed by atoms with Crippen molar-refractivity contribution < 1.29 is 9.53 Å². The SMILES string of the molecule is C/C=C/CCNC(=O)CCOc1cccc(Br)c1. The van der Waals surface area contributed by atoms with Gasteiger partial charge in [0.15, 0.2) is 0 Å². The number of amides is 1. The highest BCUT2D eigenvalue weighted by molar-refractivity contribution is 9.10. The van der Waals surface area contributed by atoms with Crippen molar-refractivity contribution in [3.05, 3.63) is 40.9 Å². The molecule has 0 spiro atoms. The van der Waals surface area contributed by atoms with Crippen LogP contribution in [-0.4, -0.2) is 19.1 Å². The molecule has 1 aromatic rings. The Labute approximate surface area is 116 Å². The van der Waals surface area contributed by atoms with Crippen molar-refractivity contribution in [1.82, 2.24) is 5.32 Å². The number of ether oxygens (including phenoxy) is 1. The van der Waals surface area contributed by atoms with Crippen LogP contribution in [0, 0.1) is 0 Å². The number of halogens is 1. The van der Waals surface area contributed by atoms with E-state index in [1.54, 1.807) is 0 Å². The Bertz CT molecular complexity index is 405. The molecule has 1 aromatic carbocycles. The molecule has 0 aromatic heterocycles. The van der Waals surface area contributed by atoms with Gasteiger partial charge in [-0.1, -0.05) is 34.1 Å². The minimum absolute atomic E-state index is 0.0227. The normalized spacial score (nSPS) is 10.6. The van der Waals surface area contributed by atoms with E-state index in [0.717, 1.165) is 16.6 Å². The number of hydrogen-bond donors (Lipinski definition) is 1. The maximum absolute atomic E-state index is 11.4. The van der Waals surface area contributed by atoms with Gasteiger partial charge in [0.25, 0.3) is 0 Å². The molecule has 4 heteroatoms. The predicted molar refractivity (Wildman–Crippen MR) is 76.7 cm³/mol. The van der Waals surface area contributed by atoms with Crippen molar-refractivity contribution in [2.45, 2.75) is 19.8 Å². The van der Waals surface area contributed by atoms with Gasteiger partial charge >= 0.3 is 0 Å². The molecule has 0 aliphatic heterocycles. The third kappa shape index (κ3) is 6.45. The lowest BCUT2D eigenvalue weighted by Crippen LogP contribution is -2.25. The molecule has 98 valence electrons. The summed E-state index contributed by atoms with van der Waals surface area (Å²) < 4.78 is 6.45. The van der Waals surface area contributed by atoms with Crippen molar-refractivity contribution in [3.63, 3.8) is 0 Å². The van der Waals surface area contributed by atoms with E-state index >= 15 is 0 Å². The fraction of sp³-hybridized carbons (Fsp3) is 0.357. The first-order chi connectivity index (χ1) is 8.72. The smallest absolute Gasteiger partial charge is 0.223 e. The van der Waals surface area contributed by atoms with Crippen molar-refractivity contribution in [1.29, 1.82) is 0 Å². The van der Waals surface area contributed by atoms with Gasteiger partial charge in [-0.2, -0.15) is 0 Å². The highest BCUT2D eigenvalue weighted by Gasteiger charge is 2.01. The number of rotatable bonds is 7. The summed E-state index contributed by atoms with van der Waals surface area (Å²) in [5.41, 5.74) is 0. The van der Waals surface area contributed by atoms with Crippen molar-refractivity contribution in [2.75, 3.05) is 13.2 Å². The van der Waals surface area contributed by atoms with E-state index in [9.17, 15) is 4.79 Å². The molecule has 0 aliphatic carbocycles. The topological polar surface area (TPSA) is 38.3 Å². The van der Waals surface area contributed by atoms with Crippen LogP contribution < -0.4 is 10.1 Å². The summed E-state index contributed by atoms with van der Waals surface area (Å²) in [6.45, 7) is 3.04. The average molecular weight is 312 g/mol. The fourth-order valence-corrected chi connectivity index (χ4v) is 1.75. The molecule has 18 heavy (non-hydrogen) atoms. The minimum Gasteiger partial charge on any atom is -0.493 e. The largest absolute Gasteiger partial charge is 0.493 e. The predicted octanol–water partition coefficient (Wildman–Crippen LogP) is 3.30. The number of hydrogen-bond acceptors (Lipinski definition) is 2. The van der Waals surface area contributed by atoms with Crippen LogP contribution in [-0.2, 0) is 4.79 Å². The molecule has 1 amide bonds. The Balaban J connectivity index is 2.15. The molecular formula is C14H18BrNO2. The van der Waals surface area contributed by atoms with Crippen molar-refractivity contribution in [3.8, 4) is 5.75 Å². The van der Waals surface area contributed by atoms with Gasteiger partial charge in [0.2, 0.25) is 5.91 Å². The number of carbonyl (C=O) groups is 1. The Morgan fingerprint density at radius 3 is 3.06 bits per heavy atom. The highest BCUT2D eigenvalue weighted by Crippen LogP contribution is 2.17. The van der Waals surface area contributed by atoms with Crippen LogP contribution in [0.4, 0.5) is 0 Å². The zero-order valence-corrected chi connectivity index (χ0v) is 12.1. The van der Waals surface area contributed by atoms with Crippen LogP contribution >= 0.6 is 15.9 Å².